The minimum Gasteiger partial charge on any atom is -0.255 e. The van der Waals surface area contributed by atoms with Gasteiger partial charge in [-0.1, -0.05) is 45.0 Å². The maximum absolute atomic E-state index is 10.9. The first-order chi connectivity index (χ1) is 9.65. The van der Waals surface area contributed by atoms with E-state index in [4.69, 9.17) is 5.14 Å². The molecule has 0 saturated heterocycles. The fourth-order valence-electron chi connectivity index (χ4n) is 1.93. The Hall–Kier alpha value is -1.92. The Balaban J connectivity index is 2.23. The van der Waals surface area contributed by atoms with Crippen LogP contribution in [0.1, 0.15) is 26.3 Å². The van der Waals surface area contributed by atoms with Gasteiger partial charge in [0.15, 0.2) is 0 Å². The second-order valence-corrected chi connectivity index (χ2v) is 7.20. The Morgan fingerprint density at radius 2 is 1.57 bits per heavy atom. The molecule has 5 nitrogen and oxygen atoms in total. The summed E-state index contributed by atoms with van der Waals surface area (Å²) in [5, 5.41) is 4.90. The Kier molecular flexibility index (Phi) is 4.02. The second-order valence-electron chi connectivity index (χ2n) is 5.91. The first kappa shape index (κ1) is 15.5. The molecule has 6 heteroatoms. The molecule has 2 aromatic rings. The number of anilines is 1. The van der Waals surface area contributed by atoms with Gasteiger partial charge in [-0.05, 0) is 28.7 Å². The van der Waals surface area contributed by atoms with E-state index in [1.165, 1.54) is 5.56 Å². The van der Waals surface area contributed by atoms with Crippen molar-refractivity contribution in [3.63, 3.8) is 0 Å². The van der Waals surface area contributed by atoms with E-state index >= 15 is 0 Å². The summed E-state index contributed by atoms with van der Waals surface area (Å²) in [5.74, 6) is 0.201. The van der Waals surface area contributed by atoms with Gasteiger partial charge in [-0.15, -0.1) is 0 Å². The summed E-state index contributed by atoms with van der Waals surface area (Å²) >= 11 is 0. The third kappa shape index (κ3) is 4.27. The molecule has 1 aromatic heterocycles. The smallest absolute Gasteiger partial charge is 0.255 e. The minimum atomic E-state index is -3.79. The van der Waals surface area contributed by atoms with Gasteiger partial charge in [-0.2, -0.15) is 8.42 Å². The summed E-state index contributed by atoms with van der Waals surface area (Å²) in [5.41, 5.74) is 3.31. The number of nitrogens with one attached hydrogen (secondary N) is 1. The Labute approximate surface area is 125 Å². The summed E-state index contributed by atoms with van der Waals surface area (Å²) < 4.78 is 24.0. The van der Waals surface area contributed by atoms with Crippen molar-refractivity contribution in [3.8, 4) is 11.1 Å². The van der Waals surface area contributed by atoms with Crippen LogP contribution in [0.5, 0.6) is 0 Å². The summed E-state index contributed by atoms with van der Waals surface area (Å²) in [6.45, 7) is 6.49. The summed E-state index contributed by atoms with van der Waals surface area (Å²) in [7, 11) is -3.79. The van der Waals surface area contributed by atoms with Crippen LogP contribution in [0.15, 0.2) is 42.6 Å². The Morgan fingerprint density at radius 1 is 1.00 bits per heavy atom. The van der Waals surface area contributed by atoms with Crippen molar-refractivity contribution in [2.45, 2.75) is 26.2 Å². The topological polar surface area (TPSA) is 85.1 Å². The zero-order valence-electron chi connectivity index (χ0n) is 12.3. The SMILES string of the molecule is CC(C)(C)c1ccc(-c2ccc(NS(N)(=O)=O)nc2)cc1. The van der Waals surface area contributed by atoms with E-state index in [0.29, 0.717) is 0 Å². The number of benzene rings is 1. The molecular formula is C15H19N3O2S. The standard InChI is InChI=1S/C15H19N3O2S/c1-15(2,3)13-7-4-11(5-8-13)12-6-9-14(17-10-12)18-21(16,19)20/h4-10H,1-3H3,(H,17,18)(H2,16,19,20). The van der Waals surface area contributed by atoms with Gasteiger partial charge in [-0.25, -0.2) is 10.1 Å². The zero-order valence-corrected chi connectivity index (χ0v) is 13.1. The van der Waals surface area contributed by atoms with E-state index < -0.39 is 10.2 Å². The molecule has 21 heavy (non-hydrogen) atoms. The van der Waals surface area contributed by atoms with Crippen LogP contribution >= 0.6 is 0 Å². The molecule has 0 fully saturated rings. The molecule has 0 aliphatic rings. The zero-order chi connectivity index (χ0) is 15.7. The highest BCUT2D eigenvalue weighted by atomic mass is 32.2. The first-order valence-corrected chi connectivity index (χ1v) is 8.07. The van der Waals surface area contributed by atoms with E-state index in [1.54, 1.807) is 18.3 Å². The van der Waals surface area contributed by atoms with Gasteiger partial charge in [-0.3, -0.25) is 4.72 Å². The molecule has 0 radical (unpaired) electrons. The van der Waals surface area contributed by atoms with Gasteiger partial charge in [0, 0.05) is 11.8 Å². The van der Waals surface area contributed by atoms with Crippen molar-refractivity contribution in [2.75, 3.05) is 4.72 Å². The number of hydrogen-bond donors (Lipinski definition) is 2. The van der Waals surface area contributed by atoms with Gasteiger partial charge >= 0.3 is 0 Å². The van der Waals surface area contributed by atoms with Crippen molar-refractivity contribution in [3.05, 3.63) is 48.2 Å². The monoisotopic (exact) mass is 305 g/mol. The minimum absolute atomic E-state index is 0.111. The number of nitrogens with zero attached hydrogens (tertiary/aromatic N) is 1. The molecule has 0 atom stereocenters. The van der Waals surface area contributed by atoms with E-state index in [-0.39, 0.29) is 11.2 Å². The van der Waals surface area contributed by atoms with Crippen molar-refractivity contribution >= 4 is 16.0 Å². The summed E-state index contributed by atoms with van der Waals surface area (Å²) in [6.07, 6.45) is 1.61. The predicted octanol–water partition coefficient (Wildman–Crippen LogP) is 2.66. The number of aromatic nitrogens is 1. The van der Waals surface area contributed by atoms with Crippen molar-refractivity contribution in [2.24, 2.45) is 5.14 Å². The maximum Gasteiger partial charge on any atom is 0.297 e. The molecule has 3 N–H and O–H groups in total. The molecule has 0 saturated carbocycles. The third-order valence-electron chi connectivity index (χ3n) is 3.09. The van der Waals surface area contributed by atoms with Crippen LogP contribution in [-0.4, -0.2) is 13.4 Å². The summed E-state index contributed by atoms with van der Waals surface area (Å²) in [6, 6.07) is 11.6. The van der Waals surface area contributed by atoms with Crippen molar-refractivity contribution in [1.29, 1.82) is 0 Å². The third-order valence-corrected chi connectivity index (χ3v) is 3.59. The number of nitrogens with two attached hydrogens (primary N) is 1. The van der Waals surface area contributed by atoms with E-state index in [2.05, 4.69) is 42.6 Å². The van der Waals surface area contributed by atoms with Crippen molar-refractivity contribution in [1.82, 2.24) is 4.98 Å². The highest BCUT2D eigenvalue weighted by Gasteiger charge is 2.13. The van der Waals surface area contributed by atoms with Crippen LogP contribution in [0.4, 0.5) is 5.82 Å². The second kappa shape index (κ2) is 5.46. The van der Waals surface area contributed by atoms with Gasteiger partial charge in [0.05, 0.1) is 0 Å². The molecule has 1 aromatic carbocycles. The van der Waals surface area contributed by atoms with Crippen LogP contribution in [-0.2, 0) is 15.6 Å². The number of hydrogen-bond acceptors (Lipinski definition) is 3. The van der Waals surface area contributed by atoms with Crippen molar-refractivity contribution < 1.29 is 8.42 Å². The van der Waals surface area contributed by atoms with Crippen LogP contribution in [0, 0.1) is 0 Å². The fraction of sp³-hybridized carbons (Fsp3) is 0.267. The highest BCUT2D eigenvalue weighted by Crippen LogP contribution is 2.26. The van der Waals surface area contributed by atoms with Gasteiger partial charge in [0.2, 0.25) is 0 Å². The lowest BCUT2D eigenvalue weighted by molar-refractivity contribution is 0.590. The maximum atomic E-state index is 10.9. The molecule has 0 amide bonds. The highest BCUT2D eigenvalue weighted by molar-refractivity contribution is 7.90. The van der Waals surface area contributed by atoms with Crippen LogP contribution in [0.2, 0.25) is 0 Å². The van der Waals surface area contributed by atoms with Gasteiger partial charge in [0.1, 0.15) is 5.82 Å². The van der Waals surface area contributed by atoms with Crippen LogP contribution < -0.4 is 9.86 Å². The lowest BCUT2D eigenvalue weighted by Gasteiger charge is -2.19. The van der Waals surface area contributed by atoms with E-state index in [0.717, 1.165) is 11.1 Å². The van der Waals surface area contributed by atoms with Gasteiger partial charge < -0.3 is 0 Å². The normalized spacial score (nSPS) is 12.2. The fourth-order valence-corrected chi connectivity index (χ4v) is 2.35. The molecule has 0 bridgehead atoms. The van der Waals surface area contributed by atoms with Gasteiger partial charge in [0.25, 0.3) is 10.2 Å². The molecule has 0 aliphatic carbocycles. The molecule has 2 rings (SSSR count). The molecule has 0 spiro atoms. The molecular weight excluding hydrogens is 286 g/mol. The first-order valence-electron chi connectivity index (χ1n) is 6.53. The summed E-state index contributed by atoms with van der Waals surface area (Å²) in [4.78, 5) is 4.04. The largest absolute Gasteiger partial charge is 0.297 e. The molecule has 0 aliphatic heterocycles. The quantitative estimate of drug-likeness (QED) is 0.914. The lowest BCUT2D eigenvalue weighted by Crippen LogP contribution is -2.22. The van der Waals surface area contributed by atoms with Crippen LogP contribution in [0.3, 0.4) is 0 Å². The average Bonchev–Trinajstić information content (AvgIpc) is 2.37. The molecule has 112 valence electrons. The molecule has 0 unspecified atom stereocenters. The number of pyridine rings is 1. The average molecular weight is 305 g/mol. The predicted molar refractivity (Wildman–Crippen MR) is 85.1 cm³/mol. The Morgan fingerprint density at radius 3 is 2.00 bits per heavy atom. The van der Waals surface area contributed by atoms with Crippen LogP contribution in [0.25, 0.3) is 11.1 Å². The van der Waals surface area contributed by atoms with E-state index in [9.17, 15) is 8.42 Å². The lowest BCUT2D eigenvalue weighted by atomic mass is 9.86. The van der Waals surface area contributed by atoms with E-state index in [1.807, 2.05) is 12.1 Å². The number of rotatable bonds is 3. The molecule has 1 heterocycles. The Bertz CT molecular complexity index is 715.